The monoisotopic (exact) mass is 235 g/mol. The first-order valence-corrected chi connectivity index (χ1v) is 5.48. The molecule has 2 aromatic rings. The predicted molar refractivity (Wildman–Crippen MR) is 61.5 cm³/mol. The summed E-state index contributed by atoms with van der Waals surface area (Å²) in [6.45, 7) is 0. The highest BCUT2D eigenvalue weighted by atomic mass is 19.1. The smallest absolute Gasteiger partial charge is 0.149 e. The lowest BCUT2D eigenvalue weighted by atomic mass is 10.1. The number of nitrogens with two attached hydrogens (primary N) is 1. The number of benzene rings is 1. The van der Waals surface area contributed by atoms with Crippen LogP contribution in [0.25, 0.3) is 10.9 Å². The Kier molecular flexibility index (Phi) is 2.22. The van der Waals surface area contributed by atoms with Crippen LogP contribution >= 0.6 is 0 Å². The van der Waals surface area contributed by atoms with E-state index in [9.17, 15) is 8.78 Å². The van der Waals surface area contributed by atoms with Crippen molar-refractivity contribution in [3.8, 4) is 0 Å². The molecule has 1 aliphatic rings. The van der Waals surface area contributed by atoms with E-state index in [0.717, 1.165) is 42.7 Å². The molecule has 0 atom stereocenters. The zero-order chi connectivity index (χ0) is 12.0. The van der Waals surface area contributed by atoms with Crippen molar-refractivity contribution in [1.82, 2.24) is 4.98 Å². The summed E-state index contributed by atoms with van der Waals surface area (Å²) in [6.07, 6.45) is 2.53. The molecule has 0 bridgehead atoms. The van der Waals surface area contributed by atoms with E-state index in [-0.39, 0.29) is 10.9 Å². The summed E-state index contributed by atoms with van der Waals surface area (Å²) >= 11 is 0. The van der Waals surface area contributed by atoms with Gasteiger partial charge in [-0.15, -0.1) is 0 Å². The molecule has 1 aromatic heterocycles. The Bertz CT molecular complexity index is 610. The van der Waals surface area contributed by atoms with E-state index in [0.29, 0.717) is 5.69 Å². The van der Waals surface area contributed by atoms with Crippen LogP contribution in [0.1, 0.15) is 17.7 Å². The van der Waals surface area contributed by atoms with Crippen molar-refractivity contribution in [2.75, 3.05) is 5.43 Å². The van der Waals surface area contributed by atoms with Gasteiger partial charge in [0.1, 0.15) is 17.2 Å². The van der Waals surface area contributed by atoms with Crippen molar-refractivity contribution < 1.29 is 8.78 Å². The van der Waals surface area contributed by atoms with Crippen molar-refractivity contribution in [2.45, 2.75) is 19.3 Å². The van der Waals surface area contributed by atoms with Gasteiger partial charge in [0, 0.05) is 5.69 Å². The van der Waals surface area contributed by atoms with Gasteiger partial charge in [-0.25, -0.2) is 13.8 Å². The van der Waals surface area contributed by atoms with Crippen LogP contribution in [0, 0.1) is 11.6 Å². The van der Waals surface area contributed by atoms with E-state index in [4.69, 9.17) is 5.84 Å². The molecular formula is C12H11F2N3. The molecule has 0 saturated heterocycles. The fraction of sp³-hybridized carbons (Fsp3) is 0.250. The Morgan fingerprint density at radius 2 is 1.94 bits per heavy atom. The van der Waals surface area contributed by atoms with Crippen LogP contribution in [0.4, 0.5) is 14.5 Å². The minimum atomic E-state index is -0.521. The highest BCUT2D eigenvalue weighted by molar-refractivity contribution is 5.94. The van der Waals surface area contributed by atoms with Gasteiger partial charge in [-0.05, 0) is 37.0 Å². The number of hydrogen-bond donors (Lipinski definition) is 2. The maximum Gasteiger partial charge on any atom is 0.149 e. The van der Waals surface area contributed by atoms with Crippen molar-refractivity contribution in [3.05, 3.63) is 35.0 Å². The molecule has 17 heavy (non-hydrogen) atoms. The molecule has 0 unspecified atom stereocenters. The first kappa shape index (κ1) is 10.4. The molecule has 0 fully saturated rings. The number of aryl methyl sites for hydroxylation is 1. The molecule has 0 saturated carbocycles. The van der Waals surface area contributed by atoms with Gasteiger partial charge < -0.3 is 5.43 Å². The lowest BCUT2D eigenvalue weighted by Crippen LogP contribution is -2.11. The number of nitrogens with zero attached hydrogens (tertiary/aromatic N) is 1. The van der Waals surface area contributed by atoms with Gasteiger partial charge in [0.2, 0.25) is 0 Å². The van der Waals surface area contributed by atoms with E-state index < -0.39 is 11.6 Å². The quantitative estimate of drug-likeness (QED) is 0.589. The highest BCUT2D eigenvalue weighted by Gasteiger charge is 2.22. The lowest BCUT2D eigenvalue weighted by molar-refractivity contribution is 0.615. The predicted octanol–water partition coefficient (Wildman–Crippen LogP) is 2.29. The molecule has 5 heteroatoms. The van der Waals surface area contributed by atoms with Crippen LogP contribution in [0.3, 0.4) is 0 Å². The highest BCUT2D eigenvalue weighted by Crippen LogP contribution is 2.35. The maximum absolute atomic E-state index is 13.8. The number of hydrazine groups is 1. The van der Waals surface area contributed by atoms with Crippen LogP contribution in [-0.2, 0) is 12.8 Å². The Morgan fingerprint density at radius 1 is 1.18 bits per heavy atom. The summed E-state index contributed by atoms with van der Waals surface area (Å²) in [7, 11) is 0. The first-order chi connectivity index (χ1) is 8.22. The summed E-state index contributed by atoms with van der Waals surface area (Å²) in [4.78, 5) is 4.21. The van der Waals surface area contributed by atoms with Gasteiger partial charge in [-0.3, -0.25) is 5.84 Å². The first-order valence-electron chi connectivity index (χ1n) is 5.48. The molecule has 1 aromatic carbocycles. The van der Waals surface area contributed by atoms with Crippen molar-refractivity contribution in [3.63, 3.8) is 0 Å². The molecule has 3 N–H and O–H groups in total. The minimum Gasteiger partial charge on any atom is -0.323 e. The maximum atomic E-state index is 13.8. The number of anilines is 1. The van der Waals surface area contributed by atoms with Crippen molar-refractivity contribution in [2.24, 2.45) is 5.84 Å². The van der Waals surface area contributed by atoms with Gasteiger partial charge in [0.15, 0.2) is 0 Å². The fourth-order valence-corrected chi connectivity index (χ4v) is 2.45. The number of aromatic nitrogens is 1. The largest absolute Gasteiger partial charge is 0.323 e. The second-order valence-electron chi connectivity index (χ2n) is 4.16. The number of halogens is 2. The molecule has 0 aliphatic heterocycles. The molecule has 0 amide bonds. The number of pyridine rings is 1. The summed E-state index contributed by atoms with van der Waals surface area (Å²) in [6, 6.07) is 2.19. The normalized spacial score (nSPS) is 14.1. The fourth-order valence-electron chi connectivity index (χ4n) is 2.45. The zero-order valence-corrected chi connectivity index (χ0v) is 9.06. The molecule has 3 nitrogen and oxygen atoms in total. The number of fused-ring (bicyclic) bond motifs is 2. The topological polar surface area (TPSA) is 50.9 Å². The van der Waals surface area contributed by atoms with Gasteiger partial charge in [-0.1, -0.05) is 0 Å². The molecule has 0 radical (unpaired) electrons. The molecule has 3 rings (SSSR count). The number of nitrogen functional groups attached to an aromatic ring is 1. The van der Waals surface area contributed by atoms with E-state index in [1.165, 1.54) is 0 Å². The third-order valence-electron chi connectivity index (χ3n) is 3.21. The van der Waals surface area contributed by atoms with Crippen molar-refractivity contribution >= 4 is 16.6 Å². The number of nitrogens with one attached hydrogen (secondary N) is 1. The Morgan fingerprint density at radius 3 is 2.71 bits per heavy atom. The van der Waals surface area contributed by atoms with Crippen LogP contribution < -0.4 is 11.3 Å². The van der Waals surface area contributed by atoms with Gasteiger partial charge in [-0.2, -0.15) is 0 Å². The number of hydrogen-bond acceptors (Lipinski definition) is 3. The lowest BCUT2D eigenvalue weighted by Gasteiger charge is -2.12. The average molecular weight is 235 g/mol. The van der Waals surface area contributed by atoms with E-state index in [1.807, 2.05) is 0 Å². The molecule has 1 aliphatic carbocycles. The summed E-state index contributed by atoms with van der Waals surface area (Å²) < 4.78 is 27.4. The summed E-state index contributed by atoms with van der Waals surface area (Å²) in [5.41, 5.74) is 4.74. The van der Waals surface area contributed by atoms with E-state index >= 15 is 0 Å². The van der Waals surface area contributed by atoms with E-state index in [1.54, 1.807) is 0 Å². The van der Waals surface area contributed by atoms with Crippen molar-refractivity contribution in [1.29, 1.82) is 0 Å². The zero-order valence-electron chi connectivity index (χ0n) is 9.06. The van der Waals surface area contributed by atoms with Gasteiger partial charge in [0.05, 0.1) is 11.1 Å². The molecule has 1 heterocycles. The van der Waals surface area contributed by atoms with Crippen LogP contribution in [0.15, 0.2) is 12.1 Å². The Hall–Kier alpha value is -1.75. The summed E-state index contributed by atoms with van der Waals surface area (Å²) in [5.74, 6) is 4.42. The number of rotatable bonds is 1. The SMILES string of the molecule is NNc1c2c(nc3c(F)ccc(F)c13)CCC2. The molecule has 0 spiro atoms. The van der Waals surface area contributed by atoms with Gasteiger partial charge >= 0.3 is 0 Å². The molecular weight excluding hydrogens is 224 g/mol. The van der Waals surface area contributed by atoms with Crippen LogP contribution in [-0.4, -0.2) is 4.98 Å². The van der Waals surface area contributed by atoms with Gasteiger partial charge in [0.25, 0.3) is 0 Å². The standard InChI is InChI=1S/C12H11F2N3/c13-7-4-5-8(14)12-10(7)11(17-15)6-2-1-3-9(6)16-12/h4-5H,1-3,15H2,(H,16,17). The van der Waals surface area contributed by atoms with Crippen LogP contribution in [0.5, 0.6) is 0 Å². The van der Waals surface area contributed by atoms with E-state index in [2.05, 4.69) is 10.4 Å². The second-order valence-corrected chi connectivity index (χ2v) is 4.16. The average Bonchev–Trinajstić information content (AvgIpc) is 2.79. The Balaban J connectivity index is 2.49. The second kappa shape index (κ2) is 3.63. The molecule has 88 valence electrons. The third kappa shape index (κ3) is 1.39. The third-order valence-corrected chi connectivity index (χ3v) is 3.21. The minimum absolute atomic E-state index is 0.0543. The summed E-state index contributed by atoms with van der Waals surface area (Å²) in [5, 5.41) is 0.146. The van der Waals surface area contributed by atoms with Crippen LogP contribution in [0.2, 0.25) is 0 Å². The Labute approximate surface area is 96.6 Å².